The predicted molar refractivity (Wildman–Crippen MR) is 93.6 cm³/mol. The maximum atomic E-state index is 12.1. The van der Waals surface area contributed by atoms with Crippen LogP contribution < -0.4 is 5.73 Å². The van der Waals surface area contributed by atoms with Crippen molar-refractivity contribution in [2.75, 3.05) is 13.1 Å². The molecule has 3 rings (SSSR count). The Kier molecular flexibility index (Phi) is 4.30. The Hall–Kier alpha value is -2.74. The van der Waals surface area contributed by atoms with Crippen molar-refractivity contribution in [1.29, 1.82) is 0 Å². The van der Waals surface area contributed by atoms with E-state index in [1.54, 1.807) is 13.0 Å². The normalized spacial score (nSPS) is 17.4. The van der Waals surface area contributed by atoms with Crippen molar-refractivity contribution >= 4 is 22.7 Å². The van der Waals surface area contributed by atoms with Crippen molar-refractivity contribution in [2.45, 2.75) is 32.6 Å². The molecule has 1 saturated heterocycles. The van der Waals surface area contributed by atoms with Crippen molar-refractivity contribution in [2.24, 2.45) is 5.73 Å². The summed E-state index contributed by atoms with van der Waals surface area (Å²) in [6.07, 6.45) is 3.86. The van der Waals surface area contributed by atoms with E-state index >= 15 is 0 Å². The smallest absolute Gasteiger partial charge is 0.298 e. The molecule has 1 fully saturated rings. The van der Waals surface area contributed by atoms with Gasteiger partial charge in [-0.2, -0.15) is 0 Å². The van der Waals surface area contributed by atoms with Crippen molar-refractivity contribution in [1.82, 2.24) is 9.88 Å². The van der Waals surface area contributed by atoms with Crippen LogP contribution in [0.4, 0.5) is 0 Å². The average molecular weight is 323 g/mol. The number of aryl methyl sites for hydroxylation is 1. The lowest BCUT2D eigenvalue weighted by molar-refractivity contribution is -0.126. The number of nitrogens with two attached hydrogens (primary N) is 1. The minimum atomic E-state index is -0.438. The van der Waals surface area contributed by atoms with Gasteiger partial charge in [-0.1, -0.05) is 12.0 Å². The molecule has 2 heterocycles. The molecule has 0 bridgehead atoms. The fraction of sp³-hybridized carbons (Fsp3) is 0.368. The highest BCUT2D eigenvalue weighted by molar-refractivity contribution is 6.06. The standard InChI is InChI=1S/C19H21N3O2/c1-3-5-16(23)22-9-4-6-13(11-22)14-7-8-15(19(20)24)18-17(14)12(2)10-21-18/h7-8,10,13,21H,4,6,9,11H2,1-2H3,(H2,20,24)/t13-/m0/s1. The first-order chi connectivity index (χ1) is 11.5. The average Bonchev–Trinajstić information content (AvgIpc) is 2.96. The van der Waals surface area contributed by atoms with Gasteiger partial charge in [0.05, 0.1) is 11.1 Å². The first kappa shape index (κ1) is 16.1. The highest BCUT2D eigenvalue weighted by Gasteiger charge is 2.26. The number of carbonyl (C=O) groups is 2. The fourth-order valence-corrected chi connectivity index (χ4v) is 3.59. The van der Waals surface area contributed by atoms with Crippen LogP contribution in [0.15, 0.2) is 18.3 Å². The third-order valence-electron chi connectivity index (χ3n) is 4.71. The molecule has 0 aliphatic carbocycles. The Morgan fingerprint density at radius 1 is 1.38 bits per heavy atom. The van der Waals surface area contributed by atoms with Gasteiger partial charge in [0.25, 0.3) is 11.8 Å². The van der Waals surface area contributed by atoms with Gasteiger partial charge in [-0.05, 0) is 49.8 Å². The van der Waals surface area contributed by atoms with Crippen LogP contribution in [0.1, 0.15) is 47.2 Å². The molecule has 0 unspecified atom stereocenters. The van der Waals surface area contributed by atoms with Crippen LogP contribution >= 0.6 is 0 Å². The number of benzene rings is 1. The Balaban J connectivity index is 2.01. The van der Waals surface area contributed by atoms with Gasteiger partial charge in [0.2, 0.25) is 0 Å². The van der Waals surface area contributed by atoms with E-state index in [4.69, 9.17) is 5.73 Å². The van der Waals surface area contributed by atoms with Crippen LogP contribution in [0.25, 0.3) is 10.9 Å². The number of carbonyl (C=O) groups excluding carboxylic acids is 2. The summed E-state index contributed by atoms with van der Waals surface area (Å²) in [7, 11) is 0. The summed E-state index contributed by atoms with van der Waals surface area (Å²) in [4.78, 5) is 28.7. The molecule has 1 atom stereocenters. The molecular weight excluding hydrogens is 302 g/mol. The number of rotatable bonds is 2. The van der Waals surface area contributed by atoms with Crippen molar-refractivity contribution in [3.63, 3.8) is 0 Å². The van der Waals surface area contributed by atoms with E-state index < -0.39 is 5.91 Å². The number of primary amides is 1. The Morgan fingerprint density at radius 3 is 2.88 bits per heavy atom. The van der Waals surface area contributed by atoms with Gasteiger partial charge >= 0.3 is 0 Å². The summed E-state index contributed by atoms with van der Waals surface area (Å²) in [5.41, 5.74) is 9.02. The number of hydrogen-bond acceptors (Lipinski definition) is 2. The Bertz CT molecular complexity index is 870. The van der Waals surface area contributed by atoms with Crippen LogP contribution in [-0.2, 0) is 4.79 Å². The zero-order valence-corrected chi connectivity index (χ0v) is 14.0. The van der Waals surface area contributed by atoms with Gasteiger partial charge in [0, 0.05) is 30.6 Å². The molecule has 2 amide bonds. The Labute approximate surface area is 141 Å². The fourth-order valence-electron chi connectivity index (χ4n) is 3.59. The number of nitrogens with zero attached hydrogens (tertiary/aromatic N) is 1. The molecule has 5 heteroatoms. The van der Waals surface area contributed by atoms with Crippen LogP contribution in [-0.4, -0.2) is 34.8 Å². The van der Waals surface area contributed by atoms with E-state index in [0.29, 0.717) is 12.1 Å². The number of H-pyrrole nitrogens is 1. The maximum Gasteiger partial charge on any atom is 0.298 e. The third kappa shape index (κ3) is 2.76. The molecule has 24 heavy (non-hydrogen) atoms. The van der Waals surface area contributed by atoms with Crippen molar-refractivity contribution in [3.05, 3.63) is 35.0 Å². The minimum absolute atomic E-state index is 0.113. The van der Waals surface area contributed by atoms with E-state index in [1.807, 2.05) is 24.1 Å². The molecule has 1 aromatic heterocycles. The number of likely N-dealkylation sites (tertiary alicyclic amines) is 1. The second-order valence-corrected chi connectivity index (χ2v) is 6.25. The van der Waals surface area contributed by atoms with E-state index in [9.17, 15) is 9.59 Å². The lowest BCUT2D eigenvalue weighted by Gasteiger charge is -2.32. The van der Waals surface area contributed by atoms with E-state index in [-0.39, 0.29) is 11.8 Å². The molecule has 1 aromatic carbocycles. The number of nitrogens with one attached hydrogen (secondary N) is 1. The number of aromatic nitrogens is 1. The van der Waals surface area contributed by atoms with Crippen LogP contribution in [0.5, 0.6) is 0 Å². The van der Waals surface area contributed by atoms with Gasteiger partial charge in [0.1, 0.15) is 0 Å². The highest BCUT2D eigenvalue weighted by Crippen LogP contribution is 2.35. The zero-order valence-electron chi connectivity index (χ0n) is 14.0. The predicted octanol–water partition coefficient (Wildman–Crippen LogP) is 2.30. The SMILES string of the molecule is CC#CC(=O)N1CCC[C@H](c2ccc(C(N)=O)c3[nH]cc(C)c23)C1. The van der Waals surface area contributed by atoms with E-state index in [1.165, 1.54) is 0 Å². The second kappa shape index (κ2) is 6.40. The molecule has 2 aromatic rings. The molecule has 0 saturated carbocycles. The molecular formula is C19H21N3O2. The number of fused-ring (bicyclic) bond motifs is 1. The van der Waals surface area contributed by atoms with Gasteiger partial charge in [-0.15, -0.1) is 0 Å². The van der Waals surface area contributed by atoms with Gasteiger partial charge in [-0.3, -0.25) is 9.59 Å². The van der Waals surface area contributed by atoms with E-state index in [2.05, 4.69) is 16.8 Å². The monoisotopic (exact) mass is 323 g/mol. The molecule has 1 aliphatic rings. The first-order valence-electron chi connectivity index (χ1n) is 8.15. The molecule has 124 valence electrons. The number of amides is 2. The van der Waals surface area contributed by atoms with Gasteiger partial charge in [-0.25, -0.2) is 0 Å². The topological polar surface area (TPSA) is 79.2 Å². The maximum absolute atomic E-state index is 12.1. The van der Waals surface area contributed by atoms with Crippen LogP contribution in [0.2, 0.25) is 0 Å². The first-order valence-corrected chi connectivity index (χ1v) is 8.15. The summed E-state index contributed by atoms with van der Waals surface area (Å²) in [5.74, 6) is 4.99. The highest BCUT2D eigenvalue weighted by atomic mass is 16.2. The lowest BCUT2D eigenvalue weighted by atomic mass is 9.86. The number of piperidine rings is 1. The number of aromatic amines is 1. The van der Waals surface area contributed by atoms with Crippen LogP contribution in [0, 0.1) is 18.8 Å². The minimum Gasteiger partial charge on any atom is -0.366 e. The molecule has 5 nitrogen and oxygen atoms in total. The van der Waals surface area contributed by atoms with Crippen molar-refractivity contribution in [3.8, 4) is 11.8 Å². The Morgan fingerprint density at radius 2 is 2.17 bits per heavy atom. The molecule has 3 N–H and O–H groups in total. The summed E-state index contributed by atoms with van der Waals surface area (Å²) in [6, 6.07) is 3.76. The van der Waals surface area contributed by atoms with Gasteiger partial charge in [0.15, 0.2) is 0 Å². The summed E-state index contributed by atoms with van der Waals surface area (Å²) in [6.45, 7) is 5.10. The zero-order chi connectivity index (χ0) is 17.3. The van der Waals surface area contributed by atoms with Crippen molar-refractivity contribution < 1.29 is 9.59 Å². The quantitative estimate of drug-likeness (QED) is 0.832. The molecule has 0 radical (unpaired) electrons. The summed E-state index contributed by atoms with van der Waals surface area (Å²) in [5, 5.41) is 1.05. The van der Waals surface area contributed by atoms with Crippen LogP contribution in [0.3, 0.4) is 0 Å². The van der Waals surface area contributed by atoms with E-state index in [0.717, 1.165) is 41.4 Å². The summed E-state index contributed by atoms with van der Waals surface area (Å²) >= 11 is 0. The van der Waals surface area contributed by atoms with Gasteiger partial charge < -0.3 is 15.6 Å². The number of hydrogen-bond donors (Lipinski definition) is 2. The third-order valence-corrected chi connectivity index (χ3v) is 4.71. The summed E-state index contributed by atoms with van der Waals surface area (Å²) < 4.78 is 0. The molecule has 1 aliphatic heterocycles. The second-order valence-electron chi connectivity index (χ2n) is 6.25. The lowest BCUT2D eigenvalue weighted by Crippen LogP contribution is -2.38. The molecule has 0 spiro atoms. The largest absolute Gasteiger partial charge is 0.366 e.